The van der Waals surface area contributed by atoms with Gasteiger partial charge in [-0.2, -0.15) is 0 Å². The SMILES string of the molecule is NCC(CF)c1ccccc1O. The van der Waals surface area contributed by atoms with E-state index in [1.807, 2.05) is 0 Å². The number of nitrogens with two attached hydrogens (primary N) is 1. The monoisotopic (exact) mass is 169 g/mol. The number of phenolic OH excluding ortho intramolecular Hbond substituents is 1. The lowest BCUT2D eigenvalue weighted by Gasteiger charge is -2.11. The number of hydrogen-bond donors (Lipinski definition) is 2. The maximum Gasteiger partial charge on any atom is 0.119 e. The smallest absolute Gasteiger partial charge is 0.119 e. The van der Waals surface area contributed by atoms with Gasteiger partial charge in [0.1, 0.15) is 5.75 Å². The first-order valence-corrected chi connectivity index (χ1v) is 3.83. The van der Waals surface area contributed by atoms with Crippen LogP contribution in [0.1, 0.15) is 11.5 Å². The molecule has 1 atom stereocenters. The summed E-state index contributed by atoms with van der Waals surface area (Å²) in [7, 11) is 0. The van der Waals surface area contributed by atoms with E-state index in [2.05, 4.69) is 0 Å². The number of para-hydroxylation sites is 1. The summed E-state index contributed by atoms with van der Waals surface area (Å²) in [6.07, 6.45) is 0. The van der Waals surface area contributed by atoms with E-state index in [9.17, 15) is 9.50 Å². The molecule has 3 heteroatoms. The van der Waals surface area contributed by atoms with E-state index < -0.39 is 6.67 Å². The summed E-state index contributed by atoms with van der Waals surface area (Å²) in [4.78, 5) is 0. The summed E-state index contributed by atoms with van der Waals surface area (Å²) in [5.74, 6) is -0.267. The van der Waals surface area contributed by atoms with Crippen molar-refractivity contribution < 1.29 is 9.50 Å². The number of phenols is 1. The molecule has 0 aromatic heterocycles. The Balaban J connectivity index is 2.92. The van der Waals surface area contributed by atoms with E-state index in [0.29, 0.717) is 5.56 Å². The number of aromatic hydroxyl groups is 1. The van der Waals surface area contributed by atoms with Crippen LogP contribution >= 0.6 is 0 Å². The van der Waals surface area contributed by atoms with Gasteiger partial charge in [-0.05, 0) is 6.07 Å². The molecule has 0 aliphatic carbocycles. The van der Waals surface area contributed by atoms with Gasteiger partial charge in [0.2, 0.25) is 0 Å². The first-order chi connectivity index (χ1) is 5.79. The van der Waals surface area contributed by atoms with Gasteiger partial charge in [0.25, 0.3) is 0 Å². The molecule has 12 heavy (non-hydrogen) atoms. The number of halogens is 1. The number of hydrogen-bond acceptors (Lipinski definition) is 2. The Kier molecular flexibility index (Phi) is 3.05. The molecule has 1 unspecified atom stereocenters. The molecule has 0 saturated carbocycles. The average molecular weight is 169 g/mol. The molecule has 0 aliphatic rings. The van der Waals surface area contributed by atoms with Crippen LogP contribution in [0.25, 0.3) is 0 Å². The maximum absolute atomic E-state index is 12.3. The summed E-state index contributed by atoms with van der Waals surface area (Å²) < 4.78 is 12.3. The van der Waals surface area contributed by atoms with Gasteiger partial charge in [0, 0.05) is 18.0 Å². The fourth-order valence-corrected chi connectivity index (χ4v) is 1.11. The van der Waals surface area contributed by atoms with Gasteiger partial charge in [0.05, 0.1) is 6.67 Å². The molecular formula is C9H12FNO. The quantitative estimate of drug-likeness (QED) is 0.718. The Hall–Kier alpha value is -1.09. The maximum atomic E-state index is 12.3. The number of rotatable bonds is 3. The minimum atomic E-state index is -0.534. The van der Waals surface area contributed by atoms with Crippen LogP contribution in [0.2, 0.25) is 0 Å². The molecule has 0 saturated heterocycles. The zero-order chi connectivity index (χ0) is 8.97. The van der Waals surface area contributed by atoms with Crippen LogP contribution in [0.5, 0.6) is 5.75 Å². The van der Waals surface area contributed by atoms with Crippen molar-refractivity contribution in [3.05, 3.63) is 29.8 Å². The van der Waals surface area contributed by atoms with Crippen molar-refractivity contribution in [3.8, 4) is 5.75 Å². The third kappa shape index (κ3) is 1.74. The van der Waals surface area contributed by atoms with Crippen LogP contribution in [0.4, 0.5) is 4.39 Å². The largest absolute Gasteiger partial charge is 0.508 e. The topological polar surface area (TPSA) is 46.2 Å². The van der Waals surface area contributed by atoms with Gasteiger partial charge in [0.15, 0.2) is 0 Å². The van der Waals surface area contributed by atoms with Crippen molar-refractivity contribution >= 4 is 0 Å². The van der Waals surface area contributed by atoms with Crippen molar-refractivity contribution in [2.45, 2.75) is 5.92 Å². The molecule has 66 valence electrons. The first-order valence-electron chi connectivity index (χ1n) is 3.83. The summed E-state index contributed by atoms with van der Waals surface area (Å²) >= 11 is 0. The zero-order valence-electron chi connectivity index (χ0n) is 6.70. The average Bonchev–Trinajstić information content (AvgIpc) is 2.10. The Morgan fingerprint density at radius 3 is 2.58 bits per heavy atom. The van der Waals surface area contributed by atoms with Crippen molar-refractivity contribution in [1.82, 2.24) is 0 Å². The summed E-state index contributed by atoms with van der Waals surface area (Å²) in [5.41, 5.74) is 5.92. The van der Waals surface area contributed by atoms with E-state index in [-0.39, 0.29) is 18.2 Å². The molecule has 1 aromatic carbocycles. The minimum Gasteiger partial charge on any atom is -0.508 e. The Morgan fingerprint density at radius 1 is 1.42 bits per heavy atom. The van der Waals surface area contributed by atoms with Crippen molar-refractivity contribution in [1.29, 1.82) is 0 Å². The summed E-state index contributed by atoms with van der Waals surface area (Å²) in [5, 5.41) is 9.32. The summed E-state index contributed by atoms with van der Waals surface area (Å²) in [6, 6.07) is 6.68. The minimum absolute atomic E-state index is 0.116. The van der Waals surface area contributed by atoms with Crippen molar-refractivity contribution in [3.63, 3.8) is 0 Å². The van der Waals surface area contributed by atoms with Crippen LogP contribution in [-0.4, -0.2) is 18.3 Å². The Morgan fingerprint density at radius 2 is 2.08 bits per heavy atom. The van der Waals surface area contributed by atoms with Gasteiger partial charge >= 0.3 is 0 Å². The van der Waals surface area contributed by atoms with Crippen molar-refractivity contribution in [2.24, 2.45) is 5.73 Å². The van der Waals surface area contributed by atoms with Crippen LogP contribution in [0.3, 0.4) is 0 Å². The highest BCUT2D eigenvalue weighted by molar-refractivity contribution is 5.35. The van der Waals surface area contributed by atoms with Crippen LogP contribution in [-0.2, 0) is 0 Å². The van der Waals surface area contributed by atoms with Crippen LogP contribution < -0.4 is 5.73 Å². The van der Waals surface area contributed by atoms with E-state index in [1.165, 1.54) is 6.07 Å². The number of alkyl halides is 1. The lowest BCUT2D eigenvalue weighted by atomic mass is 10.00. The molecular weight excluding hydrogens is 157 g/mol. The van der Waals surface area contributed by atoms with Crippen LogP contribution in [0, 0.1) is 0 Å². The standard InChI is InChI=1S/C9H12FNO/c10-5-7(6-11)8-3-1-2-4-9(8)12/h1-4,7,12H,5-6,11H2. The van der Waals surface area contributed by atoms with Crippen LogP contribution in [0.15, 0.2) is 24.3 Å². The molecule has 0 spiro atoms. The Labute approximate surface area is 70.8 Å². The molecule has 0 fully saturated rings. The molecule has 0 aliphatic heterocycles. The zero-order valence-corrected chi connectivity index (χ0v) is 6.70. The molecule has 0 radical (unpaired) electrons. The molecule has 3 N–H and O–H groups in total. The second-order valence-corrected chi connectivity index (χ2v) is 2.65. The predicted octanol–water partition coefficient (Wildman–Crippen LogP) is 1.40. The fourth-order valence-electron chi connectivity index (χ4n) is 1.11. The summed E-state index contributed by atoms with van der Waals surface area (Å²) in [6.45, 7) is -0.317. The normalized spacial score (nSPS) is 12.8. The van der Waals surface area contributed by atoms with Gasteiger partial charge in [-0.1, -0.05) is 18.2 Å². The Bertz CT molecular complexity index is 248. The third-order valence-corrected chi connectivity index (χ3v) is 1.85. The molecule has 2 nitrogen and oxygen atoms in total. The van der Waals surface area contributed by atoms with Gasteiger partial charge in [-0.15, -0.1) is 0 Å². The second-order valence-electron chi connectivity index (χ2n) is 2.65. The van der Waals surface area contributed by atoms with E-state index in [1.54, 1.807) is 18.2 Å². The lowest BCUT2D eigenvalue weighted by molar-refractivity contribution is 0.412. The van der Waals surface area contributed by atoms with E-state index >= 15 is 0 Å². The molecule has 0 bridgehead atoms. The van der Waals surface area contributed by atoms with Gasteiger partial charge in [-0.25, -0.2) is 0 Å². The predicted molar refractivity (Wildman–Crippen MR) is 45.9 cm³/mol. The molecule has 0 heterocycles. The first kappa shape index (κ1) is 9.00. The number of benzene rings is 1. The molecule has 1 aromatic rings. The van der Waals surface area contributed by atoms with Gasteiger partial charge < -0.3 is 10.8 Å². The molecule has 0 amide bonds. The van der Waals surface area contributed by atoms with E-state index in [4.69, 9.17) is 5.73 Å². The van der Waals surface area contributed by atoms with Gasteiger partial charge in [-0.3, -0.25) is 4.39 Å². The highest BCUT2D eigenvalue weighted by atomic mass is 19.1. The second kappa shape index (κ2) is 4.07. The fraction of sp³-hybridized carbons (Fsp3) is 0.333. The van der Waals surface area contributed by atoms with E-state index in [0.717, 1.165) is 0 Å². The van der Waals surface area contributed by atoms with Crippen molar-refractivity contribution in [2.75, 3.05) is 13.2 Å². The highest BCUT2D eigenvalue weighted by Gasteiger charge is 2.12. The highest BCUT2D eigenvalue weighted by Crippen LogP contribution is 2.24. The molecule has 1 rings (SSSR count). The lowest BCUT2D eigenvalue weighted by Crippen LogP contribution is -2.14. The third-order valence-electron chi connectivity index (χ3n) is 1.85.